The van der Waals surface area contributed by atoms with Gasteiger partial charge in [-0.1, -0.05) is 63.1 Å². The minimum absolute atomic E-state index is 0.468. The topological polar surface area (TPSA) is 20.2 Å². The van der Waals surface area contributed by atoms with Crippen LogP contribution in [0.1, 0.15) is 50.7 Å². The van der Waals surface area contributed by atoms with Gasteiger partial charge in [0.2, 0.25) is 0 Å². The maximum absolute atomic E-state index is 10.5. The number of rotatable bonds is 7. The first-order valence-electron chi connectivity index (χ1n) is 8.16. The van der Waals surface area contributed by atoms with Gasteiger partial charge in [-0.05, 0) is 48.4 Å². The van der Waals surface area contributed by atoms with E-state index in [0.29, 0.717) is 5.75 Å². The fourth-order valence-electron chi connectivity index (χ4n) is 2.73. The molecule has 112 valence electrons. The Labute approximate surface area is 128 Å². The first-order chi connectivity index (χ1) is 10.3. The molecule has 0 fully saturated rings. The van der Waals surface area contributed by atoms with Gasteiger partial charge in [0.1, 0.15) is 5.75 Å². The molecule has 0 atom stereocenters. The van der Waals surface area contributed by atoms with Gasteiger partial charge in [-0.3, -0.25) is 0 Å². The third-order valence-electron chi connectivity index (χ3n) is 3.97. The van der Waals surface area contributed by atoms with Crippen molar-refractivity contribution >= 4 is 0 Å². The predicted octanol–water partition coefficient (Wildman–Crippen LogP) is 5.74. The van der Waals surface area contributed by atoms with E-state index < -0.39 is 0 Å². The van der Waals surface area contributed by atoms with Crippen LogP contribution in [-0.4, -0.2) is 5.11 Å². The predicted molar refractivity (Wildman–Crippen MR) is 90.8 cm³/mol. The monoisotopic (exact) mass is 282 g/mol. The summed E-state index contributed by atoms with van der Waals surface area (Å²) in [6.45, 7) is 4.39. The van der Waals surface area contributed by atoms with Crippen LogP contribution in [-0.2, 0) is 12.8 Å². The first kappa shape index (κ1) is 15.6. The Hall–Kier alpha value is -1.76. The fourth-order valence-corrected chi connectivity index (χ4v) is 2.73. The van der Waals surface area contributed by atoms with Crippen molar-refractivity contribution in [2.45, 2.75) is 52.4 Å². The zero-order valence-electron chi connectivity index (χ0n) is 13.2. The summed E-state index contributed by atoms with van der Waals surface area (Å²) in [7, 11) is 0. The van der Waals surface area contributed by atoms with Crippen LogP contribution in [0.25, 0.3) is 11.1 Å². The summed E-state index contributed by atoms with van der Waals surface area (Å²) in [5.74, 6) is 0.468. The molecule has 0 aliphatic rings. The van der Waals surface area contributed by atoms with Gasteiger partial charge in [0, 0.05) is 5.56 Å². The Morgan fingerprint density at radius 2 is 1.52 bits per heavy atom. The van der Waals surface area contributed by atoms with Crippen LogP contribution >= 0.6 is 0 Å². The maximum atomic E-state index is 10.5. The van der Waals surface area contributed by atoms with Gasteiger partial charge < -0.3 is 5.11 Å². The summed E-state index contributed by atoms with van der Waals surface area (Å²) in [5, 5.41) is 10.5. The highest BCUT2D eigenvalue weighted by atomic mass is 16.3. The van der Waals surface area contributed by atoms with Crippen molar-refractivity contribution in [3.63, 3.8) is 0 Å². The molecule has 1 heteroatoms. The number of phenols is 1. The van der Waals surface area contributed by atoms with E-state index in [1.54, 1.807) is 0 Å². The molecule has 0 aromatic heterocycles. The van der Waals surface area contributed by atoms with Gasteiger partial charge in [-0.2, -0.15) is 0 Å². The number of benzene rings is 2. The normalized spacial score (nSPS) is 10.8. The van der Waals surface area contributed by atoms with E-state index in [2.05, 4.69) is 44.2 Å². The SMILES string of the molecule is CCCCc1cc(O)c(CCCC)c(-c2ccccc2)c1. The van der Waals surface area contributed by atoms with Crippen LogP contribution in [0.3, 0.4) is 0 Å². The Kier molecular flexibility index (Phi) is 5.86. The third kappa shape index (κ3) is 4.10. The zero-order chi connectivity index (χ0) is 15.1. The van der Waals surface area contributed by atoms with Crippen molar-refractivity contribution in [2.75, 3.05) is 0 Å². The lowest BCUT2D eigenvalue weighted by Crippen LogP contribution is -1.95. The van der Waals surface area contributed by atoms with Crippen molar-refractivity contribution in [1.29, 1.82) is 0 Å². The van der Waals surface area contributed by atoms with Gasteiger partial charge >= 0.3 is 0 Å². The molecule has 0 bridgehead atoms. The molecule has 2 aromatic rings. The van der Waals surface area contributed by atoms with Crippen molar-refractivity contribution < 1.29 is 5.11 Å². The van der Waals surface area contributed by atoms with Crippen molar-refractivity contribution in [3.05, 3.63) is 53.6 Å². The number of aryl methyl sites for hydroxylation is 1. The Morgan fingerprint density at radius 1 is 0.857 bits per heavy atom. The number of aromatic hydroxyl groups is 1. The maximum Gasteiger partial charge on any atom is 0.119 e. The standard InChI is InChI=1S/C20H26O/c1-3-5-10-16-14-19(17-11-8-7-9-12-17)18(13-6-4-2)20(21)15-16/h7-9,11-12,14-15,21H,3-6,10,13H2,1-2H3. The largest absolute Gasteiger partial charge is 0.508 e. The van der Waals surface area contributed by atoms with Crippen LogP contribution in [0, 0.1) is 0 Å². The molecule has 0 saturated heterocycles. The average Bonchev–Trinajstić information content (AvgIpc) is 2.52. The van der Waals surface area contributed by atoms with Crippen molar-refractivity contribution in [1.82, 2.24) is 0 Å². The van der Waals surface area contributed by atoms with Crippen molar-refractivity contribution in [3.8, 4) is 16.9 Å². The van der Waals surface area contributed by atoms with Gasteiger partial charge in [-0.15, -0.1) is 0 Å². The molecule has 0 spiro atoms. The molecule has 2 aromatic carbocycles. The molecule has 0 heterocycles. The second kappa shape index (κ2) is 7.87. The van der Waals surface area contributed by atoms with E-state index in [4.69, 9.17) is 0 Å². The van der Waals surface area contributed by atoms with E-state index in [0.717, 1.165) is 31.2 Å². The highest BCUT2D eigenvalue weighted by Crippen LogP contribution is 2.33. The van der Waals surface area contributed by atoms with E-state index in [1.807, 2.05) is 12.1 Å². The minimum atomic E-state index is 0.468. The summed E-state index contributed by atoms with van der Waals surface area (Å²) in [6, 6.07) is 14.7. The molecule has 21 heavy (non-hydrogen) atoms. The molecule has 0 saturated carbocycles. The van der Waals surface area contributed by atoms with Crippen molar-refractivity contribution in [2.24, 2.45) is 0 Å². The third-order valence-corrected chi connectivity index (χ3v) is 3.97. The number of hydrogen-bond acceptors (Lipinski definition) is 1. The summed E-state index contributed by atoms with van der Waals surface area (Å²) < 4.78 is 0. The number of hydrogen-bond donors (Lipinski definition) is 1. The van der Waals surface area contributed by atoms with Crippen LogP contribution < -0.4 is 0 Å². The first-order valence-corrected chi connectivity index (χ1v) is 8.16. The molecule has 1 N–H and O–H groups in total. The Bertz CT molecular complexity index is 558. The molecule has 2 rings (SSSR count). The smallest absolute Gasteiger partial charge is 0.119 e. The molecule has 1 nitrogen and oxygen atoms in total. The van der Waals surface area contributed by atoms with Gasteiger partial charge in [-0.25, -0.2) is 0 Å². The number of unbranched alkanes of at least 4 members (excludes halogenated alkanes) is 2. The van der Waals surface area contributed by atoms with Gasteiger partial charge in [0.25, 0.3) is 0 Å². The molecular formula is C20H26O. The molecule has 0 amide bonds. The Morgan fingerprint density at radius 3 is 2.19 bits per heavy atom. The second-order valence-corrected chi connectivity index (χ2v) is 5.71. The van der Waals surface area contributed by atoms with Crippen LogP contribution in [0.15, 0.2) is 42.5 Å². The molecule has 0 aliphatic carbocycles. The highest BCUT2D eigenvalue weighted by Gasteiger charge is 2.11. The molecule has 0 unspecified atom stereocenters. The summed E-state index contributed by atoms with van der Waals surface area (Å²) in [6.07, 6.45) is 6.59. The summed E-state index contributed by atoms with van der Waals surface area (Å²) >= 11 is 0. The quantitative estimate of drug-likeness (QED) is 0.686. The molecule has 0 radical (unpaired) electrons. The zero-order valence-corrected chi connectivity index (χ0v) is 13.2. The van der Waals surface area contributed by atoms with E-state index in [1.165, 1.54) is 29.5 Å². The molecular weight excluding hydrogens is 256 g/mol. The average molecular weight is 282 g/mol. The van der Waals surface area contributed by atoms with Gasteiger partial charge in [0.15, 0.2) is 0 Å². The summed E-state index contributed by atoms with van der Waals surface area (Å²) in [4.78, 5) is 0. The Balaban J connectivity index is 2.43. The lowest BCUT2D eigenvalue weighted by Gasteiger charge is -2.14. The second-order valence-electron chi connectivity index (χ2n) is 5.71. The van der Waals surface area contributed by atoms with Gasteiger partial charge in [0.05, 0.1) is 0 Å². The fraction of sp³-hybridized carbons (Fsp3) is 0.400. The van der Waals surface area contributed by atoms with E-state index >= 15 is 0 Å². The minimum Gasteiger partial charge on any atom is -0.508 e. The highest BCUT2D eigenvalue weighted by molar-refractivity contribution is 5.71. The lowest BCUT2D eigenvalue weighted by molar-refractivity contribution is 0.466. The van der Waals surface area contributed by atoms with Crippen LogP contribution in [0.5, 0.6) is 5.75 Å². The van der Waals surface area contributed by atoms with E-state index in [9.17, 15) is 5.11 Å². The lowest BCUT2D eigenvalue weighted by atomic mass is 9.92. The summed E-state index contributed by atoms with van der Waals surface area (Å²) in [5.41, 5.74) is 4.75. The van der Waals surface area contributed by atoms with Crippen LogP contribution in [0.4, 0.5) is 0 Å². The number of phenolic OH excluding ortho intramolecular Hbond substituents is 1. The molecule has 0 aliphatic heterocycles. The van der Waals surface area contributed by atoms with Crippen LogP contribution in [0.2, 0.25) is 0 Å². The van der Waals surface area contributed by atoms with E-state index in [-0.39, 0.29) is 0 Å².